The summed E-state index contributed by atoms with van der Waals surface area (Å²) in [5.74, 6) is 5.07. The maximum atomic E-state index is 13.3. The van der Waals surface area contributed by atoms with Crippen molar-refractivity contribution >= 4 is 0 Å². The number of pyridine rings is 3. The first-order valence-electron chi connectivity index (χ1n) is 46.0. The van der Waals surface area contributed by atoms with Crippen LogP contribution in [0.4, 0.5) is 17.6 Å². The van der Waals surface area contributed by atoms with E-state index in [4.69, 9.17) is 59.8 Å². The number of alkyl halides is 3. The largest absolute Gasteiger partial charge is 0.416 e. The number of benzene rings is 12. The summed E-state index contributed by atoms with van der Waals surface area (Å²) in [6, 6.07) is 112. The molecule has 0 atom stereocenters. The molecule has 18 aromatic rings. The van der Waals surface area contributed by atoms with Gasteiger partial charge < -0.3 is 15.0 Å². The van der Waals surface area contributed by atoms with Gasteiger partial charge in [-0.2, -0.15) is 13.2 Å². The number of rotatable bonds is 15. The summed E-state index contributed by atoms with van der Waals surface area (Å²) < 4.78 is 52.2. The third kappa shape index (κ3) is 25.7. The molecule has 711 valence electrons. The van der Waals surface area contributed by atoms with Crippen molar-refractivity contribution in [1.82, 2.24) is 59.8 Å². The first kappa shape index (κ1) is 104. The molecule has 0 unspecified atom stereocenters. The average Bonchev–Trinajstić information content (AvgIpc) is 0.793. The summed E-state index contributed by atoms with van der Waals surface area (Å²) in [5.41, 5.74) is 25.5. The smallest absolute Gasteiger partial charge is 0.304 e. The molecule has 0 aliphatic heterocycles. The van der Waals surface area contributed by atoms with Crippen molar-refractivity contribution in [3.05, 3.63) is 397 Å². The first-order chi connectivity index (χ1) is 65.1. The molecule has 19 heteroatoms. The molecular formula is C121H109F4Ir3N12-3. The van der Waals surface area contributed by atoms with Crippen molar-refractivity contribution in [3.63, 3.8) is 0 Å². The molecule has 0 spiro atoms. The van der Waals surface area contributed by atoms with E-state index in [1.165, 1.54) is 63.2 Å². The molecular weight excluding hydrogens is 2270 g/mol. The Morgan fingerprint density at radius 1 is 0.186 bits per heavy atom. The second-order valence-electron chi connectivity index (χ2n) is 40.6. The number of halogens is 4. The van der Waals surface area contributed by atoms with E-state index in [9.17, 15) is 17.6 Å². The SMILES string of the molecule is CC(C)(C)c1ccc(-c2nc(-c3ccc(C(C)(C)C)cc3)nc(-c3ccc(-c4[c-]cc(-c5ccc(C(F)(F)F)cc5)cc4)nc3)n2)cc1.CC(C)(C)c1ccc(-c2nc(-c3ccc(C(C)(C)C)cc3)nc(-c3ccc(-c4[c-]cc(-c5ccc(F)cc5)cc4)nc3)n2)cc1.CC(C)(C)c1ccc(-c2nc(-c3ccc(C(C)(C)C)cc3)nc(-c3ccc(-c4[c-]cc(-c5ccccc5)cc4)nc3)n2)cc1.[Ir].[Ir].[Ir]. The van der Waals surface area contributed by atoms with E-state index in [1.54, 1.807) is 30.6 Å². The van der Waals surface area contributed by atoms with Crippen molar-refractivity contribution in [1.29, 1.82) is 0 Å². The molecule has 18 rings (SSSR count). The molecule has 0 aliphatic carbocycles. The zero-order valence-electron chi connectivity index (χ0n) is 81.6. The monoisotopic (exact) mass is 2380 g/mol. The number of hydrogen-bond acceptors (Lipinski definition) is 12. The van der Waals surface area contributed by atoms with Crippen LogP contribution >= 0.6 is 0 Å². The molecule has 0 saturated carbocycles. The molecule has 6 aromatic heterocycles. The standard InChI is InChI=1S/C41H36F3N4.C40H36FN4.C40H37N4.3Ir/c1-39(2,3)32-18-13-29(14-19-32)36-46-37(30-15-20-33(21-16-30)40(4,5)6)48-38(47-36)31-17-24-35(45-25-31)28-9-7-26(8-10-28)27-11-22-34(23-12-27)41(42,43)44;1-39(2,3)32-18-11-29(12-19-32)36-43-37(30-13-20-33(21-14-30)40(4,5)6)45-38(44-36)31-17-24-35(42-25-31)28-9-7-26(8-10-28)27-15-22-34(41)23-16-27;1-39(2,3)33-21-16-30(17-22-33)36-42-37(31-18-23-34(24-19-31)40(4,5)6)44-38(43-36)32-20-25-35(41-26-32)29-14-12-28(13-15-29)27-10-8-7-9-11-27;;;/h7-9,11-25H,1-6H3;7-9,11-25H,1-6H3;7-14,16-26H,1-6H3;;;/q3*-1;;;. The van der Waals surface area contributed by atoms with Gasteiger partial charge in [0.25, 0.3) is 0 Å². The summed E-state index contributed by atoms with van der Waals surface area (Å²) >= 11 is 0. The maximum Gasteiger partial charge on any atom is 0.416 e. The summed E-state index contributed by atoms with van der Waals surface area (Å²) in [5, 5.41) is 0. The van der Waals surface area contributed by atoms with Crippen LogP contribution in [0.25, 0.3) is 170 Å². The van der Waals surface area contributed by atoms with Gasteiger partial charge in [0, 0.05) is 129 Å². The Morgan fingerprint density at radius 3 is 0.550 bits per heavy atom. The maximum absolute atomic E-state index is 13.3. The molecule has 0 amide bonds. The quantitative estimate of drug-likeness (QED) is 0.0709. The minimum absolute atomic E-state index is 0. The van der Waals surface area contributed by atoms with Crippen molar-refractivity contribution in [2.75, 3.05) is 0 Å². The van der Waals surface area contributed by atoms with E-state index in [-0.39, 0.29) is 98.6 Å². The van der Waals surface area contributed by atoms with Gasteiger partial charge in [-0.15, -0.1) is 89.5 Å². The minimum Gasteiger partial charge on any atom is -0.304 e. The van der Waals surface area contributed by atoms with Crippen LogP contribution in [0.3, 0.4) is 0 Å². The number of nitrogens with zero attached hydrogens (tertiary/aromatic N) is 12. The molecule has 12 nitrogen and oxygen atoms in total. The van der Waals surface area contributed by atoms with Crippen LogP contribution in [0, 0.1) is 24.0 Å². The predicted octanol–water partition coefficient (Wildman–Crippen LogP) is 31.1. The van der Waals surface area contributed by atoms with Gasteiger partial charge in [0.2, 0.25) is 0 Å². The minimum atomic E-state index is -4.37. The van der Waals surface area contributed by atoms with Gasteiger partial charge in [-0.1, -0.05) is 407 Å². The Labute approximate surface area is 860 Å². The van der Waals surface area contributed by atoms with Crippen LogP contribution in [-0.2, 0) is 99.0 Å². The Kier molecular flexibility index (Phi) is 32.2. The topological polar surface area (TPSA) is 155 Å². The molecule has 12 aromatic carbocycles. The van der Waals surface area contributed by atoms with Gasteiger partial charge in [-0.25, -0.2) is 49.2 Å². The fraction of sp³-hybridized carbons (Fsp3) is 0.207. The van der Waals surface area contributed by atoms with E-state index in [0.29, 0.717) is 63.7 Å². The van der Waals surface area contributed by atoms with E-state index >= 15 is 0 Å². The molecule has 0 aliphatic rings. The van der Waals surface area contributed by atoms with Crippen molar-refractivity contribution < 1.29 is 77.9 Å². The Balaban J connectivity index is 0.000000175. The summed E-state index contributed by atoms with van der Waals surface area (Å²) in [7, 11) is 0. The first-order valence-corrected chi connectivity index (χ1v) is 46.0. The van der Waals surface area contributed by atoms with Crippen molar-refractivity contribution in [3.8, 4) is 170 Å². The third-order valence-corrected chi connectivity index (χ3v) is 24.1. The Hall–Kier alpha value is -13.2. The Bertz CT molecular complexity index is 6980. The van der Waals surface area contributed by atoms with Crippen LogP contribution in [0.2, 0.25) is 0 Å². The third-order valence-electron chi connectivity index (χ3n) is 24.1. The average molecular weight is 2380 g/mol. The van der Waals surface area contributed by atoms with Crippen molar-refractivity contribution in [2.45, 2.75) is 163 Å². The normalized spacial score (nSPS) is 11.8. The molecule has 140 heavy (non-hydrogen) atoms. The zero-order chi connectivity index (χ0) is 96.9. The van der Waals surface area contributed by atoms with Crippen LogP contribution < -0.4 is 0 Å². The van der Waals surface area contributed by atoms with Crippen LogP contribution in [0.1, 0.15) is 164 Å². The van der Waals surface area contributed by atoms with Crippen LogP contribution in [0.5, 0.6) is 0 Å². The van der Waals surface area contributed by atoms with Gasteiger partial charge in [-0.3, -0.25) is 0 Å². The zero-order valence-corrected chi connectivity index (χ0v) is 88.8. The van der Waals surface area contributed by atoms with Gasteiger partial charge in [0.1, 0.15) is 5.82 Å². The van der Waals surface area contributed by atoms with Gasteiger partial charge in [-0.05, 0) is 95.1 Å². The van der Waals surface area contributed by atoms with Gasteiger partial charge in [0.05, 0.1) is 5.56 Å². The van der Waals surface area contributed by atoms with E-state index in [2.05, 4.69) is 313 Å². The van der Waals surface area contributed by atoms with Crippen LogP contribution in [0.15, 0.2) is 334 Å². The molecule has 0 N–H and O–H groups in total. The Morgan fingerprint density at radius 2 is 0.364 bits per heavy atom. The van der Waals surface area contributed by atoms with Gasteiger partial charge in [0.15, 0.2) is 52.4 Å². The van der Waals surface area contributed by atoms with Crippen molar-refractivity contribution in [2.24, 2.45) is 0 Å². The summed E-state index contributed by atoms with van der Waals surface area (Å²) in [4.78, 5) is 58.4. The van der Waals surface area contributed by atoms with E-state index in [1.807, 2.05) is 97.2 Å². The van der Waals surface area contributed by atoms with Gasteiger partial charge >= 0.3 is 6.18 Å². The fourth-order valence-corrected chi connectivity index (χ4v) is 15.5. The number of hydrogen-bond donors (Lipinski definition) is 0. The summed E-state index contributed by atoms with van der Waals surface area (Å²) in [6.45, 7) is 39.6. The predicted molar refractivity (Wildman–Crippen MR) is 548 cm³/mol. The van der Waals surface area contributed by atoms with E-state index in [0.717, 1.165) is 113 Å². The second-order valence-corrected chi connectivity index (χ2v) is 40.6. The molecule has 0 bridgehead atoms. The fourth-order valence-electron chi connectivity index (χ4n) is 15.5. The molecule has 0 saturated heterocycles. The molecule has 0 fully saturated rings. The van der Waals surface area contributed by atoms with Crippen LogP contribution in [-0.4, -0.2) is 59.8 Å². The summed E-state index contributed by atoms with van der Waals surface area (Å²) in [6.07, 6.45) is 1.00. The molecule has 6 heterocycles. The second kappa shape index (κ2) is 43.3. The number of aromatic nitrogens is 12. The van der Waals surface area contributed by atoms with E-state index < -0.39 is 11.7 Å². The molecule has 3 radical (unpaired) electrons.